The Morgan fingerprint density at radius 2 is 1.04 bits per heavy atom. The summed E-state index contributed by atoms with van der Waals surface area (Å²) in [7, 11) is 5.59. The molecule has 0 saturated heterocycles. The molecule has 0 unspecified atom stereocenters. The van der Waals surface area contributed by atoms with Crippen LogP contribution in [0.5, 0.6) is 5.75 Å². The number of phenolic OH excluding ortho intramolecular Hbond substituents is 1. The summed E-state index contributed by atoms with van der Waals surface area (Å²) < 4.78 is 21.5. The lowest BCUT2D eigenvalue weighted by molar-refractivity contribution is -0.140. The van der Waals surface area contributed by atoms with Crippen molar-refractivity contribution in [1.29, 1.82) is 0 Å². The number of unbranched alkanes of at least 4 members (excludes halogenated alkanes) is 14. The maximum atomic E-state index is 12.7. The van der Waals surface area contributed by atoms with Crippen molar-refractivity contribution in [2.75, 3.05) is 79.0 Å². The largest absolute Gasteiger partial charge is 0.508 e. The zero-order valence-electron chi connectivity index (χ0n) is 43.8. The number of hydrogen-bond acceptors (Lipinski definition) is 15. The summed E-state index contributed by atoms with van der Waals surface area (Å²) >= 11 is 0. The van der Waals surface area contributed by atoms with E-state index in [-0.39, 0.29) is 127 Å². The van der Waals surface area contributed by atoms with E-state index in [1.165, 1.54) is 63.5 Å². The molecule has 2 radical (unpaired) electrons. The van der Waals surface area contributed by atoms with Crippen molar-refractivity contribution >= 4 is 41.4 Å². The van der Waals surface area contributed by atoms with Crippen LogP contribution >= 0.6 is 0 Å². The number of carboxylic acids is 2. The predicted molar refractivity (Wildman–Crippen MR) is 280 cm³/mol. The van der Waals surface area contributed by atoms with E-state index in [2.05, 4.69) is 38.5 Å². The Morgan fingerprint density at radius 1 is 0.554 bits per heavy atom. The fourth-order valence-electron chi connectivity index (χ4n) is 7.60. The standard InChI is InChI=1S/C53H89N7O14/c1-41(19-15-13-11-9-7-5-3-4-6-8-10-12-14-16-21-51(66)67)60-45(53(69)70)26-27-48(63)57-29-31-71-33-36-74-40-50(65)58-30-32-72-34-35-73-39-49(64)56-28-18-17-20-44(55-2)47(62)38-59-46(52(54)68)37-42-22-24-43(61)25-23-42/h2,22-25,44-46,55,59-61H,1,3-21,26-40H2,(H2,54,68)(H,56,64)(H,57,63)(H,58,65)(H,66,67)(H,69,70)/t44-,45-,46-/m0/s1. The number of hydrogen-bond donors (Lipinski definition) is 10. The van der Waals surface area contributed by atoms with Crippen molar-refractivity contribution in [1.82, 2.24) is 31.9 Å². The Kier molecular flexibility index (Phi) is 40.8. The average Bonchev–Trinajstić information content (AvgIpc) is 3.36. The lowest BCUT2D eigenvalue weighted by Gasteiger charge is -2.19. The number of aromatic hydroxyl groups is 1. The monoisotopic (exact) mass is 1050 g/mol. The van der Waals surface area contributed by atoms with Crippen LogP contribution in [0.3, 0.4) is 0 Å². The molecule has 3 atom stereocenters. The van der Waals surface area contributed by atoms with E-state index in [0.717, 1.165) is 44.1 Å². The summed E-state index contributed by atoms with van der Waals surface area (Å²) in [6.45, 7) is 5.62. The second kappa shape index (κ2) is 45.2. The molecule has 21 nitrogen and oxygen atoms in total. The molecule has 0 spiro atoms. The third-order valence-corrected chi connectivity index (χ3v) is 11.9. The van der Waals surface area contributed by atoms with Crippen LogP contribution in [0.4, 0.5) is 0 Å². The SMILES string of the molecule is [CH]N[C@@H](CCCCNC(=O)COCCOCCNC(=O)COCCOCCNC(=O)CC[C@H](NC(=C)CCCCCCCCCCCCCCCCC(=O)O)C(=O)O)C(=O)CN[C@@H](Cc1ccc(O)cc1)C(N)=O. The Morgan fingerprint density at radius 3 is 1.54 bits per heavy atom. The molecule has 0 aliphatic heterocycles. The fraction of sp³-hybridized carbons (Fsp3) is 0.698. The summed E-state index contributed by atoms with van der Waals surface area (Å²) in [6, 6.07) is 3.99. The molecule has 0 fully saturated rings. The first-order chi connectivity index (χ1) is 35.7. The van der Waals surface area contributed by atoms with E-state index in [9.17, 15) is 43.8 Å². The molecule has 420 valence electrons. The van der Waals surface area contributed by atoms with Crippen LogP contribution in [0.2, 0.25) is 0 Å². The van der Waals surface area contributed by atoms with Gasteiger partial charge in [-0.3, -0.25) is 34.1 Å². The predicted octanol–water partition coefficient (Wildman–Crippen LogP) is 3.82. The third kappa shape index (κ3) is 39.3. The minimum atomic E-state index is -1.03. The number of ether oxygens (including phenoxy) is 4. The van der Waals surface area contributed by atoms with Gasteiger partial charge < -0.3 is 66.6 Å². The van der Waals surface area contributed by atoms with Gasteiger partial charge in [0.2, 0.25) is 23.6 Å². The molecule has 1 aromatic rings. The maximum Gasteiger partial charge on any atom is 0.326 e. The van der Waals surface area contributed by atoms with Gasteiger partial charge in [-0.15, -0.1) is 0 Å². The van der Waals surface area contributed by atoms with Crippen molar-refractivity contribution in [3.63, 3.8) is 0 Å². The Bertz CT molecular complexity index is 1720. The molecule has 1 rings (SSSR count). The van der Waals surface area contributed by atoms with Crippen molar-refractivity contribution < 1.29 is 67.8 Å². The molecule has 0 saturated carbocycles. The van der Waals surface area contributed by atoms with Gasteiger partial charge in [0, 0.05) is 45.2 Å². The second-order valence-corrected chi connectivity index (χ2v) is 18.3. The molecule has 11 N–H and O–H groups in total. The highest BCUT2D eigenvalue weighted by molar-refractivity contribution is 5.87. The number of aliphatic carboxylic acids is 2. The van der Waals surface area contributed by atoms with Gasteiger partial charge in [-0.05, 0) is 69.1 Å². The van der Waals surface area contributed by atoms with Crippen molar-refractivity contribution in [3.8, 4) is 5.75 Å². The summed E-state index contributed by atoms with van der Waals surface area (Å²) in [5, 5.41) is 44.3. The van der Waals surface area contributed by atoms with Gasteiger partial charge in [0.1, 0.15) is 25.0 Å². The van der Waals surface area contributed by atoms with Crippen LogP contribution < -0.4 is 37.6 Å². The topological polar surface area (TPSA) is 315 Å². The zero-order chi connectivity index (χ0) is 54.4. The number of carboxylic acid groups (broad SMARTS) is 2. The smallest absolute Gasteiger partial charge is 0.326 e. The van der Waals surface area contributed by atoms with Crippen LogP contribution in [-0.4, -0.2) is 154 Å². The molecule has 0 aliphatic rings. The number of primary amides is 1. The van der Waals surface area contributed by atoms with Crippen LogP contribution in [0.25, 0.3) is 0 Å². The van der Waals surface area contributed by atoms with E-state index >= 15 is 0 Å². The highest BCUT2D eigenvalue weighted by Gasteiger charge is 2.22. The minimum Gasteiger partial charge on any atom is -0.508 e. The molecule has 1 aromatic carbocycles. The lowest BCUT2D eigenvalue weighted by atomic mass is 10.0. The van der Waals surface area contributed by atoms with Crippen LogP contribution in [0, 0.1) is 7.05 Å². The summed E-state index contributed by atoms with van der Waals surface area (Å²) in [5.74, 6) is -3.42. The van der Waals surface area contributed by atoms with Crippen LogP contribution in [0.1, 0.15) is 140 Å². The number of allylic oxidation sites excluding steroid dienone is 1. The van der Waals surface area contributed by atoms with Crippen molar-refractivity contribution in [2.45, 2.75) is 159 Å². The number of ketones is 1. The van der Waals surface area contributed by atoms with Crippen LogP contribution in [-0.2, 0) is 58.9 Å². The average molecular weight is 1050 g/mol. The van der Waals surface area contributed by atoms with Crippen molar-refractivity contribution in [3.05, 3.63) is 49.2 Å². The van der Waals surface area contributed by atoms with E-state index < -0.39 is 36.0 Å². The first-order valence-corrected chi connectivity index (χ1v) is 26.5. The van der Waals surface area contributed by atoms with Gasteiger partial charge >= 0.3 is 11.9 Å². The molecular weight excluding hydrogens is 959 g/mol. The number of nitrogens with one attached hydrogen (secondary N) is 6. The molecule has 0 aliphatic carbocycles. The van der Waals surface area contributed by atoms with Gasteiger partial charge in [0.05, 0.1) is 58.3 Å². The van der Waals surface area contributed by atoms with E-state index in [0.29, 0.717) is 37.9 Å². The minimum absolute atomic E-state index is 0.0310. The summed E-state index contributed by atoms with van der Waals surface area (Å²) in [4.78, 5) is 83.4. The number of amides is 4. The maximum absolute atomic E-state index is 12.7. The van der Waals surface area contributed by atoms with Gasteiger partial charge in [-0.1, -0.05) is 95.8 Å². The number of carbonyl (C=O) groups excluding carboxylic acids is 5. The molecule has 74 heavy (non-hydrogen) atoms. The second-order valence-electron chi connectivity index (χ2n) is 18.3. The molecule has 0 heterocycles. The van der Waals surface area contributed by atoms with Gasteiger partial charge in [-0.25, -0.2) is 4.79 Å². The number of benzene rings is 1. The highest BCUT2D eigenvalue weighted by Crippen LogP contribution is 2.16. The number of carbonyl (C=O) groups is 7. The molecule has 21 heteroatoms. The highest BCUT2D eigenvalue weighted by atomic mass is 16.5. The van der Waals surface area contributed by atoms with Crippen molar-refractivity contribution in [2.24, 2.45) is 5.73 Å². The van der Waals surface area contributed by atoms with E-state index in [1.807, 2.05) is 0 Å². The van der Waals surface area contributed by atoms with Gasteiger partial charge in [-0.2, -0.15) is 0 Å². The quantitative estimate of drug-likeness (QED) is 0.0328. The first kappa shape index (κ1) is 66.8. The Balaban J connectivity index is 1.95. The fourth-order valence-corrected chi connectivity index (χ4v) is 7.60. The number of nitrogens with two attached hydrogens (primary N) is 1. The number of phenols is 1. The summed E-state index contributed by atoms with van der Waals surface area (Å²) in [6.07, 6.45) is 18.8. The van der Waals surface area contributed by atoms with Gasteiger partial charge in [0.15, 0.2) is 5.78 Å². The van der Waals surface area contributed by atoms with E-state index in [1.54, 1.807) is 12.1 Å². The first-order valence-electron chi connectivity index (χ1n) is 26.5. The third-order valence-electron chi connectivity index (χ3n) is 11.9. The normalized spacial score (nSPS) is 12.3. The molecule has 4 amide bonds. The number of Topliss-reactive ketones (excluding diaryl/α,β-unsaturated/α-hetero) is 1. The number of rotatable bonds is 52. The zero-order valence-corrected chi connectivity index (χ0v) is 43.8. The Labute approximate surface area is 439 Å². The van der Waals surface area contributed by atoms with Gasteiger partial charge in [0.25, 0.3) is 0 Å². The Hall–Kier alpha value is -5.19. The molecule has 0 bridgehead atoms. The lowest BCUT2D eigenvalue weighted by Crippen LogP contribution is -2.48. The van der Waals surface area contributed by atoms with E-state index in [4.69, 9.17) is 36.8 Å². The molecular formula is C53H89N7O14. The molecule has 0 aromatic heterocycles. The summed E-state index contributed by atoms with van der Waals surface area (Å²) in [5.41, 5.74) is 6.93. The van der Waals surface area contributed by atoms with Crippen LogP contribution in [0.15, 0.2) is 36.5 Å².